The standard InChI is InChI=1S/C18H23N3O2S/c1-23-18(22)17(14-7-10-24-13-14)20-11-16-6-4-9-21(16)12-15-5-2-3-8-19-15/h2-3,5,7-8,10,13,16-17,20H,4,6,9,11-12H2,1H3. The average Bonchev–Trinajstić information content (AvgIpc) is 3.28. The molecule has 2 aromatic heterocycles. The first-order valence-corrected chi connectivity index (χ1v) is 9.19. The predicted octanol–water partition coefficient (Wildman–Crippen LogP) is 2.61. The first kappa shape index (κ1) is 17.1. The molecule has 1 aliphatic heterocycles. The van der Waals surface area contributed by atoms with Crippen LogP contribution in [0.5, 0.6) is 0 Å². The first-order chi connectivity index (χ1) is 11.8. The summed E-state index contributed by atoms with van der Waals surface area (Å²) in [7, 11) is 1.44. The highest BCUT2D eigenvalue weighted by Crippen LogP contribution is 2.22. The van der Waals surface area contributed by atoms with Gasteiger partial charge in [-0.1, -0.05) is 6.07 Å². The number of likely N-dealkylation sites (tertiary alicyclic amines) is 1. The van der Waals surface area contributed by atoms with Crippen LogP contribution in [0.4, 0.5) is 0 Å². The minimum absolute atomic E-state index is 0.234. The molecule has 2 aromatic rings. The Hall–Kier alpha value is -1.76. The molecule has 1 aliphatic rings. The molecule has 24 heavy (non-hydrogen) atoms. The second-order valence-electron chi connectivity index (χ2n) is 6.01. The largest absolute Gasteiger partial charge is 0.468 e. The van der Waals surface area contributed by atoms with E-state index in [-0.39, 0.29) is 5.97 Å². The Kier molecular flexibility index (Phi) is 5.96. The van der Waals surface area contributed by atoms with Crippen LogP contribution in [0.2, 0.25) is 0 Å². The molecule has 1 saturated heterocycles. The van der Waals surface area contributed by atoms with E-state index in [1.165, 1.54) is 13.5 Å². The molecule has 0 radical (unpaired) electrons. The highest BCUT2D eigenvalue weighted by Gasteiger charge is 2.28. The van der Waals surface area contributed by atoms with Crippen LogP contribution >= 0.6 is 11.3 Å². The van der Waals surface area contributed by atoms with E-state index in [9.17, 15) is 4.79 Å². The van der Waals surface area contributed by atoms with E-state index < -0.39 is 6.04 Å². The van der Waals surface area contributed by atoms with Crippen molar-refractivity contribution in [1.82, 2.24) is 15.2 Å². The van der Waals surface area contributed by atoms with Gasteiger partial charge in [-0.05, 0) is 53.9 Å². The molecule has 3 heterocycles. The zero-order chi connectivity index (χ0) is 16.8. The number of carbonyl (C=O) groups excluding carboxylic acids is 1. The minimum atomic E-state index is -0.390. The Labute approximate surface area is 146 Å². The fourth-order valence-corrected chi connectivity index (χ4v) is 3.87. The quantitative estimate of drug-likeness (QED) is 0.782. The topological polar surface area (TPSA) is 54.5 Å². The van der Waals surface area contributed by atoms with Crippen molar-refractivity contribution in [2.24, 2.45) is 0 Å². The predicted molar refractivity (Wildman–Crippen MR) is 94.7 cm³/mol. The third-order valence-electron chi connectivity index (χ3n) is 4.46. The maximum Gasteiger partial charge on any atom is 0.327 e. The fraction of sp³-hybridized carbons (Fsp3) is 0.444. The maximum atomic E-state index is 12.1. The van der Waals surface area contributed by atoms with Gasteiger partial charge in [-0.25, -0.2) is 4.79 Å². The van der Waals surface area contributed by atoms with E-state index in [1.807, 2.05) is 35.2 Å². The van der Waals surface area contributed by atoms with Crippen LogP contribution in [0.1, 0.15) is 30.1 Å². The Bertz CT molecular complexity index is 633. The number of rotatable bonds is 7. The van der Waals surface area contributed by atoms with Gasteiger partial charge in [0, 0.05) is 25.3 Å². The monoisotopic (exact) mass is 345 g/mol. The van der Waals surface area contributed by atoms with E-state index in [1.54, 1.807) is 11.3 Å². The number of carbonyl (C=O) groups is 1. The van der Waals surface area contributed by atoms with Crippen LogP contribution in [-0.4, -0.2) is 42.1 Å². The number of aromatic nitrogens is 1. The first-order valence-electron chi connectivity index (χ1n) is 8.25. The molecule has 1 fully saturated rings. The Morgan fingerprint density at radius 1 is 1.50 bits per heavy atom. The lowest BCUT2D eigenvalue weighted by atomic mass is 10.1. The van der Waals surface area contributed by atoms with Crippen LogP contribution in [0.15, 0.2) is 41.2 Å². The molecule has 2 unspecified atom stereocenters. The van der Waals surface area contributed by atoms with Crippen molar-refractivity contribution in [3.05, 3.63) is 52.5 Å². The van der Waals surface area contributed by atoms with Crippen LogP contribution in [-0.2, 0) is 16.1 Å². The molecule has 3 rings (SSSR count). The molecule has 0 saturated carbocycles. The molecule has 0 amide bonds. The van der Waals surface area contributed by atoms with Gasteiger partial charge in [0.25, 0.3) is 0 Å². The van der Waals surface area contributed by atoms with E-state index >= 15 is 0 Å². The fourth-order valence-electron chi connectivity index (χ4n) is 3.18. The number of ether oxygens (including phenoxy) is 1. The smallest absolute Gasteiger partial charge is 0.327 e. The number of hydrogen-bond acceptors (Lipinski definition) is 6. The van der Waals surface area contributed by atoms with E-state index in [0.29, 0.717) is 6.04 Å². The Morgan fingerprint density at radius 2 is 2.42 bits per heavy atom. The average molecular weight is 345 g/mol. The number of pyridine rings is 1. The molecular weight excluding hydrogens is 322 g/mol. The van der Waals surface area contributed by atoms with Gasteiger partial charge in [0.05, 0.1) is 12.8 Å². The van der Waals surface area contributed by atoms with Crippen LogP contribution in [0.3, 0.4) is 0 Å². The molecule has 1 N–H and O–H groups in total. The zero-order valence-corrected chi connectivity index (χ0v) is 14.7. The van der Waals surface area contributed by atoms with E-state index in [2.05, 4.69) is 21.3 Å². The molecular formula is C18H23N3O2S. The summed E-state index contributed by atoms with van der Waals surface area (Å²) in [5.74, 6) is -0.234. The normalized spacial score (nSPS) is 19.3. The van der Waals surface area contributed by atoms with Crippen molar-refractivity contribution in [3.8, 4) is 0 Å². The van der Waals surface area contributed by atoms with Crippen molar-refractivity contribution in [1.29, 1.82) is 0 Å². The molecule has 0 aromatic carbocycles. The highest BCUT2D eigenvalue weighted by molar-refractivity contribution is 7.08. The molecule has 128 valence electrons. The highest BCUT2D eigenvalue weighted by atomic mass is 32.1. The number of hydrogen-bond donors (Lipinski definition) is 1. The number of methoxy groups -OCH3 is 1. The summed E-state index contributed by atoms with van der Waals surface area (Å²) in [5, 5.41) is 7.38. The van der Waals surface area contributed by atoms with E-state index in [0.717, 1.165) is 37.3 Å². The summed E-state index contributed by atoms with van der Waals surface area (Å²) < 4.78 is 4.95. The van der Waals surface area contributed by atoms with Crippen LogP contribution in [0, 0.1) is 0 Å². The lowest BCUT2D eigenvalue weighted by Crippen LogP contribution is -2.41. The number of esters is 1. The summed E-state index contributed by atoms with van der Waals surface area (Å²) in [6, 6.07) is 8.02. The second-order valence-corrected chi connectivity index (χ2v) is 6.79. The Balaban J connectivity index is 1.60. The molecule has 5 nitrogen and oxygen atoms in total. The molecule has 0 bridgehead atoms. The van der Waals surface area contributed by atoms with Gasteiger partial charge in [0.1, 0.15) is 6.04 Å². The molecule has 0 aliphatic carbocycles. The van der Waals surface area contributed by atoms with Crippen molar-refractivity contribution in [3.63, 3.8) is 0 Å². The summed E-state index contributed by atoms with van der Waals surface area (Å²) in [4.78, 5) is 18.9. The van der Waals surface area contributed by atoms with Crippen LogP contribution < -0.4 is 5.32 Å². The Morgan fingerprint density at radius 3 is 3.12 bits per heavy atom. The van der Waals surface area contributed by atoms with E-state index in [4.69, 9.17) is 4.74 Å². The van der Waals surface area contributed by atoms with Crippen molar-refractivity contribution >= 4 is 17.3 Å². The molecule has 0 spiro atoms. The second kappa shape index (κ2) is 8.37. The third-order valence-corrected chi connectivity index (χ3v) is 5.16. The summed E-state index contributed by atoms with van der Waals surface area (Å²) >= 11 is 1.59. The number of thiophene rings is 1. The van der Waals surface area contributed by atoms with Gasteiger partial charge in [0.2, 0.25) is 0 Å². The van der Waals surface area contributed by atoms with Gasteiger partial charge in [-0.2, -0.15) is 11.3 Å². The van der Waals surface area contributed by atoms with Crippen molar-refractivity contribution in [2.45, 2.75) is 31.5 Å². The van der Waals surface area contributed by atoms with Gasteiger partial charge >= 0.3 is 5.97 Å². The summed E-state index contributed by atoms with van der Waals surface area (Å²) in [5.41, 5.74) is 2.06. The summed E-state index contributed by atoms with van der Waals surface area (Å²) in [6.07, 6.45) is 4.15. The zero-order valence-electron chi connectivity index (χ0n) is 13.9. The van der Waals surface area contributed by atoms with Gasteiger partial charge in [-0.3, -0.25) is 15.2 Å². The van der Waals surface area contributed by atoms with Gasteiger partial charge in [0.15, 0.2) is 0 Å². The van der Waals surface area contributed by atoms with Crippen molar-refractivity contribution in [2.75, 3.05) is 20.2 Å². The third kappa shape index (κ3) is 4.20. The van der Waals surface area contributed by atoms with Crippen LogP contribution in [0.25, 0.3) is 0 Å². The minimum Gasteiger partial charge on any atom is -0.468 e. The lowest BCUT2D eigenvalue weighted by molar-refractivity contribution is -0.143. The van der Waals surface area contributed by atoms with Crippen molar-refractivity contribution < 1.29 is 9.53 Å². The number of nitrogens with zero attached hydrogens (tertiary/aromatic N) is 2. The maximum absolute atomic E-state index is 12.1. The lowest BCUT2D eigenvalue weighted by Gasteiger charge is -2.26. The molecule has 2 atom stereocenters. The summed E-state index contributed by atoms with van der Waals surface area (Å²) in [6.45, 7) is 2.70. The van der Waals surface area contributed by atoms with Gasteiger partial charge in [-0.15, -0.1) is 0 Å². The number of nitrogens with one attached hydrogen (secondary N) is 1. The molecule has 6 heteroatoms. The SMILES string of the molecule is COC(=O)C(NCC1CCCN1Cc1ccccn1)c1ccsc1. The van der Waals surface area contributed by atoms with Gasteiger partial charge < -0.3 is 4.74 Å².